The zero-order valence-electron chi connectivity index (χ0n) is 32.9. The third kappa shape index (κ3) is 5.92. The molecule has 4 aliphatic carbocycles. The lowest BCUT2D eigenvalue weighted by Gasteiger charge is -2.70. The van der Waals surface area contributed by atoms with E-state index in [1.165, 1.54) is 6.92 Å². The zero-order chi connectivity index (χ0) is 37.1. The molecule has 0 radical (unpaired) electrons. The molecule has 5 aliphatic rings. The van der Waals surface area contributed by atoms with Gasteiger partial charge in [-0.3, -0.25) is 14.4 Å². The first-order valence-electron chi connectivity index (χ1n) is 19.5. The first-order chi connectivity index (χ1) is 23.3. The van der Waals surface area contributed by atoms with Crippen LogP contribution in [0, 0.1) is 56.7 Å². The summed E-state index contributed by atoms with van der Waals surface area (Å²) in [7, 11) is 0. The van der Waals surface area contributed by atoms with Gasteiger partial charge in [-0.25, -0.2) is 0 Å². The number of carboxylic acids is 1. The molecule has 1 saturated heterocycles. The van der Waals surface area contributed by atoms with Crippen molar-refractivity contribution in [2.45, 2.75) is 132 Å². The molecular weight excluding hydrogens is 634 g/mol. The average molecular weight is 702 g/mol. The van der Waals surface area contributed by atoms with Crippen LogP contribution in [0.25, 0.3) is 0 Å². The number of ether oxygens (including phenoxy) is 4. The molecule has 0 aromatic heterocycles. The lowest BCUT2D eigenvalue weighted by molar-refractivity contribution is -0.268. The lowest BCUT2D eigenvalue weighted by Crippen LogP contribution is -2.71. The van der Waals surface area contributed by atoms with Gasteiger partial charge in [0.25, 0.3) is 0 Å². The van der Waals surface area contributed by atoms with Crippen molar-refractivity contribution in [2.75, 3.05) is 39.6 Å². The largest absolute Gasteiger partial charge is 0.481 e. The van der Waals surface area contributed by atoms with Crippen molar-refractivity contribution in [1.29, 1.82) is 0 Å². The fraction of sp³-hybridized carbons (Fsp3) is 0.878. The quantitative estimate of drug-likeness (QED) is 0.157. The van der Waals surface area contributed by atoms with Gasteiger partial charge in [-0.15, -0.1) is 0 Å². The monoisotopic (exact) mass is 701 g/mol. The van der Waals surface area contributed by atoms with Gasteiger partial charge >= 0.3 is 11.9 Å². The second-order valence-electron chi connectivity index (χ2n) is 18.4. The standard InChI is InChI=1S/C41H67NO8/c1-12-42-36(7,18-19-47-13-2)22-49-34-30(50-27(6)43)21-41-24-48-23-38(34,9)31(41)15-14-28-29(41)20-32(44)40(11)33(35(45)46)37(8,26(5)25(3)4)16-17-39(28,40)10/h20,25-26,28,30-31,33-34,42H,12-19,21-24H2,1-11H3,(H,45,46)/t26-,28+,30-,31+,33-,34+,36?,37-,38-,39-,40+,41+/m1/s1. The van der Waals surface area contributed by atoms with E-state index in [-0.39, 0.29) is 35.0 Å². The Labute approximate surface area is 301 Å². The molecule has 0 aromatic carbocycles. The van der Waals surface area contributed by atoms with Gasteiger partial charge < -0.3 is 29.4 Å². The number of hydrogen-bond donors (Lipinski definition) is 2. The van der Waals surface area contributed by atoms with E-state index in [1.54, 1.807) is 0 Å². The number of fused-ring (bicyclic) bond motifs is 3. The maximum absolute atomic E-state index is 14.9. The molecule has 0 aromatic rings. The lowest BCUT2D eigenvalue weighted by atomic mass is 9.34. The molecule has 284 valence electrons. The Kier molecular flexibility index (Phi) is 10.9. The highest BCUT2D eigenvalue weighted by molar-refractivity contribution is 6.00. The fourth-order valence-electron chi connectivity index (χ4n) is 12.3. The molecule has 2 bridgehead atoms. The highest BCUT2D eigenvalue weighted by atomic mass is 16.6. The second kappa shape index (κ2) is 13.9. The summed E-state index contributed by atoms with van der Waals surface area (Å²) in [6.07, 6.45) is 5.59. The van der Waals surface area contributed by atoms with Crippen LogP contribution >= 0.6 is 0 Å². The van der Waals surface area contributed by atoms with Gasteiger partial charge in [0.15, 0.2) is 5.78 Å². The number of carbonyl (C=O) groups is 3. The van der Waals surface area contributed by atoms with Gasteiger partial charge in [-0.2, -0.15) is 0 Å². The van der Waals surface area contributed by atoms with E-state index in [4.69, 9.17) is 18.9 Å². The maximum Gasteiger partial charge on any atom is 0.308 e. The Bertz CT molecular complexity index is 1350. The first kappa shape index (κ1) is 39.4. The summed E-state index contributed by atoms with van der Waals surface area (Å²) >= 11 is 0. The van der Waals surface area contributed by atoms with Crippen molar-refractivity contribution in [2.24, 2.45) is 56.7 Å². The highest BCUT2D eigenvalue weighted by Gasteiger charge is 2.74. The number of rotatable bonds is 13. The number of carboxylic acid groups (broad SMARTS) is 1. The van der Waals surface area contributed by atoms with E-state index in [1.807, 2.05) is 19.9 Å². The third-order valence-corrected chi connectivity index (χ3v) is 15.4. The Hall–Kier alpha value is -1.81. The van der Waals surface area contributed by atoms with Crippen molar-refractivity contribution in [3.8, 4) is 0 Å². The van der Waals surface area contributed by atoms with Gasteiger partial charge in [-0.1, -0.05) is 61.0 Å². The van der Waals surface area contributed by atoms with Crippen LogP contribution in [0.5, 0.6) is 0 Å². The number of aliphatic carboxylic acids is 1. The van der Waals surface area contributed by atoms with E-state index >= 15 is 0 Å². The van der Waals surface area contributed by atoms with E-state index in [2.05, 4.69) is 60.7 Å². The summed E-state index contributed by atoms with van der Waals surface area (Å²) in [5.74, 6) is -1.46. The molecule has 9 heteroatoms. The molecule has 1 unspecified atom stereocenters. The third-order valence-electron chi connectivity index (χ3n) is 15.4. The Morgan fingerprint density at radius 2 is 1.80 bits per heavy atom. The number of esters is 1. The molecule has 2 N–H and O–H groups in total. The molecular formula is C41H67NO8. The van der Waals surface area contributed by atoms with Crippen LogP contribution in [0.2, 0.25) is 0 Å². The van der Waals surface area contributed by atoms with Crippen LogP contribution in [-0.2, 0) is 33.3 Å². The minimum atomic E-state index is -1.06. The second-order valence-corrected chi connectivity index (χ2v) is 18.4. The molecule has 5 rings (SSSR count). The van der Waals surface area contributed by atoms with Gasteiger partial charge in [0, 0.05) is 41.9 Å². The molecule has 1 heterocycles. The van der Waals surface area contributed by atoms with Crippen LogP contribution in [0.3, 0.4) is 0 Å². The Balaban J connectivity index is 1.56. The number of allylic oxidation sites excluding steroid dienone is 1. The molecule has 9 nitrogen and oxygen atoms in total. The van der Waals surface area contributed by atoms with Crippen molar-refractivity contribution >= 4 is 17.7 Å². The summed E-state index contributed by atoms with van der Waals surface area (Å²) in [6.45, 7) is 26.1. The predicted molar refractivity (Wildman–Crippen MR) is 192 cm³/mol. The van der Waals surface area contributed by atoms with Gasteiger partial charge in [-0.05, 0) is 99.5 Å². The van der Waals surface area contributed by atoms with Crippen molar-refractivity contribution in [3.05, 3.63) is 11.6 Å². The topological polar surface area (TPSA) is 120 Å². The van der Waals surface area contributed by atoms with Gasteiger partial charge in [0.1, 0.15) is 12.2 Å². The smallest absolute Gasteiger partial charge is 0.308 e. The predicted octanol–water partition coefficient (Wildman–Crippen LogP) is 6.87. The van der Waals surface area contributed by atoms with Crippen LogP contribution in [-0.4, -0.2) is 80.2 Å². The zero-order valence-corrected chi connectivity index (χ0v) is 32.9. The Morgan fingerprint density at radius 3 is 2.40 bits per heavy atom. The summed E-state index contributed by atoms with van der Waals surface area (Å²) < 4.78 is 25.4. The number of hydrogen-bond acceptors (Lipinski definition) is 8. The molecule has 0 amide bonds. The minimum Gasteiger partial charge on any atom is -0.481 e. The molecule has 3 saturated carbocycles. The van der Waals surface area contributed by atoms with E-state index in [9.17, 15) is 19.5 Å². The van der Waals surface area contributed by atoms with Gasteiger partial charge in [0.2, 0.25) is 0 Å². The van der Waals surface area contributed by atoms with Crippen molar-refractivity contribution in [1.82, 2.24) is 5.32 Å². The Morgan fingerprint density at radius 1 is 1.10 bits per heavy atom. The number of nitrogens with one attached hydrogen (secondary N) is 1. The van der Waals surface area contributed by atoms with E-state index in [0.717, 1.165) is 44.2 Å². The highest BCUT2D eigenvalue weighted by Crippen LogP contribution is 2.74. The van der Waals surface area contributed by atoms with E-state index in [0.29, 0.717) is 45.4 Å². The molecule has 1 aliphatic heterocycles. The van der Waals surface area contributed by atoms with Crippen molar-refractivity contribution in [3.63, 3.8) is 0 Å². The SMILES string of the molecule is CCNC(C)(CCOCC)CO[C@H]1[C@H](OC(C)=O)C[C@@]23COC[C@]1(C)[C@@H]2CC[C@H]1C3=CC(=O)[C@@]2(C)[C@H](C(=O)O)[C@@](C)([C@H](C)C(C)C)CC[C@]12C. The average Bonchev–Trinajstić information content (AvgIpc) is 3.02. The van der Waals surface area contributed by atoms with Crippen LogP contribution < -0.4 is 5.32 Å². The summed E-state index contributed by atoms with van der Waals surface area (Å²) in [5.41, 5.74) is -2.33. The normalized spacial score (nSPS) is 42.8. The molecule has 12 atom stereocenters. The van der Waals surface area contributed by atoms with Crippen LogP contribution in [0.1, 0.15) is 115 Å². The molecule has 4 fully saturated rings. The summed E-state index contributed by atoms with van der Waals surface area (Å²) in [4.78, 5) is 41.1. The fourth-order valence-corrected chi connectivity index (χ4v) is 12.3. The van der Waals surface area contributed by atoms with Crippen LogP contribution in [0.15, 0.2) is 11.6 Å². The maximum atomic E-state index is 14.9. The minimum absolute atomic E-state index is 0.0270. The van der Waals surface area contributed by atoms with Crippen molar-refractivity contribution < 1.29 is 38.4 Å². The summed E-state index contributed by atoms with van der Waals surface area (Å²) in [5, 5.41) is 14.6. The van der Waals surface area contributed by atoms with E-state index < -0.39 is 51.2 Å². The van der Waals surface area contributed by atoms with Crippen LogP contribution in [0.4, 0.5) is 0 Å². The first-order valence-corrected chi connectivity index (χ1v) is 19.5. The molecule has 50 heavy (non-hydrogen) atoms. The number of likely N-dealkylation sites (N-methyl/N-ethyl adjacent to an activating group) is 1. The number of carbonyl (C=O) groups excluding carboxylic acids is 2. The number of ketones is 1. The van der Waals surface area contributed by atoms with Gasteiger partial charge in [0.05, 0.1) is 25.7 Å². The molecule has 0 spiro atoms. The summed E-state index contributed by atoms with van der Waals surface area (Å²) in [6, 6.07) is 0.